The van der Waals surface area contributed by atoms with E-state index in [1.165, 1.54) is 0 Å². The van der Waals surface area contributed by atoms with Crippen LogP contribution >= 0.6 is 0 Å². The molecule has 9 nitrogen and oxygen atoms in total. The SMILES string of the molecule is CCc1cc(C(=O)NC[C@@H](C)O)ccc1N(C)c1cc2c(ncn2C)c(NC(=O)[C@H]2C[C@H]2F)n1. The first kappa shape index (κ1) is 23.6. The lowest BCUT2D eigenvalue weighted by Gasteiger charge is -2.23. The first-order chi connectivity index (χ1) is 16.2. The molecule has 1 fully saturated rings. The van der Waals surface area contributed by atoms with E-state index >= 15 is 0 Å². The summed E-state index contributed by atoms with van der Waals surface area (Å²) in [6, 6.07) is 7.27. The normalized spacial score (nSPS) is 17.9. The van der Waals surface area contributed by atoms with Gasteiger partial charge in [-0.2, -0.15) is 0 Å². The molecule has 0 spiro atoms. The Hall–Kier alpha value is -3.53. The number of rotatable bonds is 8. The molecule has 3 N–H and O–H groups in total. The van der Waals surface area contributed by atoms with Gasteiger partial charge in [-0.05, 0) is 43.5 Å². The van der Waals surface area contributed by atoms with E-state index in [2.05, 4.69) is 20.6 Å². The second-order valence-electron chi connectivity index (χ2n) is 8.71. The summed E-state index contributed by atoms with van der Waals surface area (Å²) in [4.78, 5) is 35.7. The molecule has 0 saturated heterocycles. The molecular weight excluding hydrogens is 439 g/mol. The Kier molecular flexibility index (Phi) is 6.52. The lowest BCUT2D eigenvalue weighted by molar-refractivity contribution is -0.117. The third-order valence-electron chi connectivity index (χ3n) is 5.98. The van der Waals surface area contributed by atoms with Gasteiger partial charge in [-0.25, -0.2) is 14.4 Å². The van der Waals surface area contributed by atoms with Crippen molar-refractivity contribution in [3.05, 3.63) is 41.7 Å². The van der Waals surface area contributed by atoms with E-state index < -0.39 is 24.1 Å². The number of carbonyl (C=O) groups is 2. The Bertz CT molecular complexity index is 1240. The van der Waals surface area contributed by atoms with Crippen LogP contribution in [0.15, 0.2) is 30.6 Å². The minimum absolute atomic E-state index is 0.176. The number of nitrogens with one attached hydrogen (secondary N) is 2. The summed E-state index contributed by atoms with van der Waals surface area (Å²) in [6.45, 7) is 3.78. The van der Waals surface area contributed by atoms with Crippen LogP contribution in [0.3, 0.4) is 0 Å². The molecule has 1 aliphatic carbocycles. The summed E-state index contributed by atoms with van der Waals surface area (Å²) in [5, 5.41) is 14.9. The van der Waals surface area contributed by atoms with Crippen molar-refractivity contribution < 1.29 is 19.1 Å². The van der Waals surface area contributed by atoms with Crippen molar-refractivity contribution in [2.75, 3.05) is 23.8 Å². The molecule has 0 unspecified atom stereocenters. The van der Waals surface area contributed by atoms with Gasteiger partial charge in [0, 0.05) is 38.0 Å². The number of benzene rings is 1. The summed E-state index contributed by atoms with van der Waals surface area (Å²) in [5.74, 6) is -0.429. The molecule has 2 heterocycles. The average molecular weight is 469 g/mol. The predicted molar refractivity (Wildman–Crippen MR) is 128 cm³/mol. The largest absolute Gasteiger partial charge is 0.392 e. The number of amides is 2. The van der Waals surface area contributed by atoms with Crippen LogP contribution in [0.2, 0.25) is 0 Å². The third-order valence-corrected chi connectivity index (χ3v) is 5.98. The van der Waals surface area contributed by atoms with Crippen molar-refractivity contribution >= 4 is 40.2 Å². The zero-order chi connectivity index (χ0) is 24.6. The van der Waals surface area contributed by atoms with E-state index in [4.69, 9.17) is 0 Å². The molecular formula is C24H29FN6O3. The molecule has 3 aromatic rings. The van der Waals surface area contributed by atoms with Crippen molar-refractivity contribution in [1.29, 1.82) is 0 Å². The van der Waals surface area contributed by atoms with Crippen LogP contribution in [-0.4, -0.2) is 57.3 Å². The number of carbonyl (C=O) groups excluding carboxylic acids is 2. The first-order valence-corrected chi connectivity index (χ1v) is 11.3. The van der Waals surface area contributed by atoms with E-state index in [9.17, 15) is 19.1 Å². The van der Waals surface area contributed by atoms with Gasteiger partial charge < -0.3 is 25.2 Å². The maximum atomic E-state index is 13.4. The second-order valence-corrected chi connectivity index (χ2v) is 8.71. The summed E-state index contributed by atoms with van der Waals surface area (Å²) >= 11 is 0. The van der Waals surface area contributed by atoms with Crippen molar-refractivity contribution in [3.8, 4) is 0 Å². The van der Waals surface area contributed by atoms with Gasteiger partial charge in [-0.1, -0.05) is 6.92 Å². The zero-order valence-electron chi connectivity index (χ0n) is 19.7. The van der Waals surface area contributed by atoms with E-state index in [-0.39, 0.29) is 24.7 Å². The van der Waals surface area contributed by atoms with E-state index in [0.29, 0.717) is 23.3 Å². The van der Waals surface area contributed by atoms with E-state index in [1.807, 2.05) is 48.7 Å². The van der Waals surface area contributed by atoms with Gasteiger partial charge in [0.1, 0.15) is 17.5 Å². The fourth-order valence-corrected chi connectivity index (χ4v) is 3.82. The van der Waals surface area contributed by atoms with Crippen LogP contribution in [-0.2, 0) is 18.3 Å². The van der Waals surface area contributed by atoms with E-state index in [1.54, 1.807) is 19.3 Å². The number of hydrogen-bond donors (Lipinski definition) is 3. The summed E-state index contributed by atoms with van der Waals surface area (Å²) in [5.41, 5.74) is 3.59. The molecule has 4 rings (SSSR count). The molecule has 1 aliphatic rings. The highest BCUT2D eigenvalue weighted by molar-refractivity contribution is 6.01. The highest BCUT2D eigenvalue weighted by atomic mass is 19.1. The van der Waals surface area contributed by atoms with E-state index in [0.717, 1.165) is 16.8 Å². The Morgan fingerprint density at radius 1 is 1.35 bits per heavy atom. The van der Waals surface area contributed by atoms with Gasteiger partial charge in [-0.3, -0.25) is 9.59 Å². The van der Waals surface area contributed by atoms with Gasteiger partial charge in [0.25, 0.3) is 5.91 Å². The predicted octanol–water partition coefficient (Wildman–Crippen LogP) is 2.71. The number of aliphatic hydroxyl groups is 1. The molecule has 1 saturated carbocycles. The monoisotopic (exact) mass is 468 g/mol. The lowest BCUT2D eigenvalue weighted by atomic mass is 10.0. The van der Waals surface area contributed by atoms with Gasteiger partial charge in [-0.15, -0.1) is 0 Å². The minimum Gasteiger partial charge on any atom is -0.392 e. The Labute approximate surface area is 197 Å². The third kappa shape index (κ3) is 4.72. The number of aromatic nitrogens is 3. The number of aryl methyl sites for hydroxylation is 2. The number of hydrogen-bond acceptors (Lipinski definition) is 6. The van der Waals surface area contributed by atoms with Crippen molar-refractivity contribution in [2.45, 2.75) is 39.0 Å². The van der Waals surface area contributed by atoms with Crippen LogP contribution in [0.25, 0.3) is 11.0 Å². The van der Waals surface area contributed by atoms with Crippen LogP contribution in [0.1, 0.15) is 36.2 Å². The van der Waals surface area contributed by atoms with Crippen molar-refractivity contribution in [2.24, 2.45) is 13.0 Å². The number of imidazole rings is 1. The molecule has 0 aliphatic heterocycles. The molecule has 0 bridgehead atoms. The Balaban J connectivity index is 1.66. The zero-order valence-corrected chi connectivity index (χ0v) is 19.7. The van der Waals surface area contributed by atoms with Gasteiger partial charge in [0.2, 0.25) is 5.91 Å². The van der Waals surface area contributed by atoms with Gasteiger partial charge in [0.05, 0.1) is 23.9 Å². The van der Waals surface area contributed by atoms with Crippen LogP contribution in [0.5, 0.6) is 0 Å². The number of pyridine rings is 1. The van der Waals surface area contributed by atoms with Crippen LogP contribution < -0.4 is 15.5 Å². The van der Waals surface area contributed by atoms with Crippen molar-refractivity contribution in [3.63, 3.8) is 0 Å². The summed E-state index contributed by atoms with van der Waals surface area (Å²) < 4.78 is 15.2. The molecule has 180 valence electrons. The van der Waals surface area contributed by atoms with Crippen LogP contribution in [0.4, 0.5) is 21.7 Å². The smallest absolute Gasteiger partial charge is 0.251 e. The lowest BCUT2D eigenvalue weighted by Crippen LogP contribution is -2.30. The first-order valence-electron chi connectivity index (χ1n) is 11.3. The molecule has 2 aromatic heterocycles. The standard InChI is InChI=1S/C24H29FN6O3/c1-5-14-8-15(23(33)26-11-13(2)32)6-7-18(14)31(4)20-10-19-21(27-12-30(19)3)22(28-20)29-24(34)16-9-17(16)25/h6-8,10,12-13,16-17,32H,5,9,11H2,1-4H3,(H,26,33)(H,28,29,34)/t13-,16+,17-/m1/s1. The maximum absolute atomic E-state index is 13.4. The number of alkyl halides is 1. The average Bonchev–Trinajstić information content (AvgIpc) is 3.45. The molecule has 34 heavy (non-hydrogen) atoms. The number of fused-ring (bicyclic) bond motifs is 1. The number of nitrogens with zero attached hydrogens (tertiary/aromatic N) is 4. The number of halogens is 1. The fraction of sp³-hybridized carbons (Fsp3) is 0.417. The Morgan fingerprint density at radius 2 is 2.09 bits per heavy atom. The van der Waals surface area contributed by atoms with Gasteiger partial charge in [0.15, 0.2) is 5.82 Å². The number of aliphatic hydroxyl groups excluding tert-OH is 1. The molecule has 10 heteroatoms. The quantitative estimate of drug-likeness (QED) is 0.469. The summed E-state index contributed by atoms with van der Waals surface area (Å²) in [7, 11) is 3.71. The number of anilines is 3. The highest BCUT2D eigenvalue weighted by Gasteiger charge is 2.44. The summed E-state index contributed by atoms with van der Waals surface area (Å²) in [6.07, 6.45) is 0.813. The topological polar surface area (TPSA) is 112 Å². The van der Waals surface area contributed by atoms with Gasteiger partial charge >= 0.3 is 0 Å². The second kappa shape index (κ2) is 9.38. The highest BCUT2D eigenvalue weighted by Crippen LogP contribution is 2.36. The fourth-order valence-electron chi connectivity index (χ4n) is 3.82. The molecule has 3 atom stereocenters. The minimum atomic E-state index is -1.10. The molecule has 2 amide bonds. The van der Waals surface area contributed by atoms with Crippen molar-refractivity contribution in [1.82, 2.24) is 19.9 Å². The maximum Gasteiger partial charge on any atom is 0.251 e. The molecule has 1 aromatic carbocycles. The Morgan fingerprint density at radius 3 is 2.74 bits per heavy atom. The molecule has 0 radical (unpaired) electrons. The van der Waals surface area contributed by atoms with Crippen LogP contribution in [0, 0.1) is 5.92 Å².